The van der Waals surface area contributed by atoms with Crippen molar-refractivity contribution in [2.75, 3.05) is 38.7 Å². The van der Waals surface area contributed by atoms with Gasteiger partial charge in [-0.25, -0.2) is 9.59 Å². The molecule has 8 nitrogen and oxygen atoms in total. The van der Waals surface area contributed by atoms with Crippen LogP contribution in [-0.4, -0.2) is 91.4 Å². The van der Waals surface area contributed by atoms with E-state index in [1.165, 1.54) is 49.4 Å². The number of anilines is 1. The lowest BCUT2D eigenvalue weighted by Crippen LogP contribution is -2.68. The van der Waals surface area contributed by atoms with Gasteiger partial charge in [0.25, 0.3) is 0 Å². The normalized spacial score (nSPS) is 13.6. The quantitative estimate of drug-likeness (QED) is 0.183. The number of carbonyl (C=O) groups is 2. The molecule has 0 bridgehead atoms. The first-order chi connectivity index (χ1) is 21.5. The number of nitrogens with zero attached hydrogens (tertiary/aromatic N) is 1. The van der Waals surface area contributed by atoms with Gasteiger partial charge >= 0.3 is 41.9 Å². The Bertz CT molecular complexity index is 1370. The molecule has 0 saturated heterocycles. The molecule has 0 spiro atoms. The van der Waals surface area contributed by atoms with Gasteiger partial charge in [-0.2, -0.15) is 48.3 Å². The molecule has 0 saturated carbocycles. The van der Waals surface area contributed by atoms with Gasteiger partial charge in [0.15, 0.2) is 6.10 Å². The minimum absolute atomic E-state index is 0.0359. The van der Waals surface area contributed by atoms with E-state index >= 15 is 0 Å². The molecule has 2 amide bonds. The van der Waals surface area contributed by atoms with Crippen molar-refractivity contribution >= 4 is 17.7 Å². The molecule has 0 aromatic heterocycles. The number of carboxylic acids is 1. The van der Waals surface area contributed by atoms with Crippen molar-refractivity contribution in [2.24, 2.45) is 0 Å². The molecule has 0 fully saturated rings. The molecular weight excluding hydrogens is 669 g/mol. The molecule has 2 aromatic carbocycles. The number of nitrogens with one attached hydrogen (secondary N) is 1. The maximum absolute atomic E-state index is 14.7. The monoisotopic (exact) mass is 698 g/mol. The van der Waals surface area contributed by atoms with Gasteiger partial charge in [-0.1, -0.05) is 18.2 Å². The molecular formula is C28H29F11N2O6. The Kier molecular flexibility index (Phi) is 12.3. The lowest BCUT2D eigenvalue weighted by atomic mass is 9.97. The van der Waals surface area contributed by atoms with Crippen molar-refractivity contribution in [3.05, 3.63) is 53.6 Å². The van der Waals surface area contributed by atoms with E-state index in [4.69, 9.17) is 14.2 Å². The van der Waals surface area contributed by atoms with Crippen molar-refractivity contribution < 1.29 is 77.2 Å². The van der Waals surface area contributed by atoms with Crippen molar-refractivity contribution in [1.82, 2.24) is 4.90 Å². The average Bonchev–Trinajstić information content (AvgIpc) is 2.96. The fourth-order valence-corrected chi connectivity index (χ4v) is 3.94. The molecule has 47 heavy (non-hydrogen) atoms. The van der Waals surface area contributed by atoms with E-state index in [0.29, 0.717) is 11.1 Å². The van der Waals surface area contributed by atoms with Crippen LogP contribution in [0.5, 0.6) is 11.5 Å². The fourth-order valence-electron chi connectivity index (χ4n) is 3.94. The van der Waals surface area contributed by atoms with Crippen LogP contribution in [0, 0.1) is 6.92 Å². The van der Waals surface area contributed by atoms with Gasteiger partial charge in [-0.15, -0.1) is 0 Å². The molecule has 2 N–H and O–H groups in total. The summed E-state index contributed by atoms with van der Waals surface area (Å²) in [7, 11) is 1.13. The fraction of sp³-hybridized carbons (Fsp3) is 0.500. The van der Waals surface area contributed by atoms with Crippen LogP contribution in [0.4, 0.5) is 58.8 Å². The summed E-state index contributed by atoms with van der Waals surface area (Å²) in [4.78, 5) is 24.0. The molecule has 2 aromatic rings. The Morgan fingerprint density at radius 1 is 0.894 bits per heavy atom. The van der Waals surface area contributed by atoms with Gasteiger partial charge in [-0.3, -0.25) is 0 Å². The summed E-state index contributed by atoms with van der Waals surface area (Å²) in [6.45, 7) is -1.49. The molecule has 0 aliphatic heterocycles. The lowest BCUT2D eigenvalue weighted by Gasteiger charge is -2.38. The summed E-state index contributed by atoms with van der Waals surface area (Å²) in [5.74, 6) is -30.3. The summed E-state index contributed by atoms with van der Waals surface area (Å²) >= 11 is 0. The number of urea groups is 1. The first-order valence-corrected chi connectivity index (χ1v) is 13.4. The molecule has 0 aliphatic rings. The van der Waals surface area contributed by atoms with Crippen LogP contribution >= 0.6 is 0 Å². The van der Waals surface area contributed by atoms with Crippen LogP contribution in [0.15, 0.2) is 42.5 Å². The Balaban J connectivity index is 2.34. The second kappa shape index (κ2) is 14.8. The van der Waals surface area contributed by atoms with Crippen molar-refractivity contribution in [3.8, 4) is 11.5 Å². The summed E-state index contributed by atoms with van der Waals surface area (Å²) in [5.41, 5.74) is 0.681. The minimum atomic E-state index is -7.65. The third-order valence-electron chi connectivity index (χ3n) is 6.49. The number of alkyl halides is 11. The number of hydrogen-bond acceptors (Lipinski definition) is 5. The highest BCUT2D eigenvalue weighted by Gasteiger charge is 2.87. The van der Waals surface area contributed by atoms with Crippen molar-refractivity contribution in [2.45, 2.75) is 56.2 Å². The number of rotatable bonds is 16. The highest BCUT2D eigenvalue weighted by atomic mass is 19.4. The lowest BCUT2D eigenvalue weighted by molar-refractivity contribution is -0.422. The van der Waals surface area contributed by atoms with E-state index in [1.54, 1.807) is 6.92 Å². The summed E-state index contributed by atoms with van der Waals surface area (Å²) in [5, 5.41) is 11.2. The maximum Gasteiger partial charge on any atom is 0.460 e. The second-order valence-electron chi connectivity index (χ2n) is 9.96. The maximum atomic E-state index is 14.7. The van der Waals surface area contributed by atoms with E-state index in [9.17, 15) is 63.0 Å². The number of hydrogen-bond donors (Lipinski definition) is 2. The number of carbonyl (C=O) groups excluding carboxylic acids is 1. The van der Waals surface area contributed by atoms with Crippen molar-refractivity contribution in [1.29, 1.82) is 0 Å². The molecule has 1 atom stereocenters. The van der Waals surface area contributed by atoms with Crippen LogP contribution in [0.25, 0.3) is 0 Å². The summed E-state index contributed by atoms with van der Waals surface area (Å²) in [6, 6.07) is 7.64. The number of ether oxygens (including phenoxy) is 3. The Morgan fingerprint density at radius 3 is 2.00 bits per heavy atom. The van der Waals surface area contributed by atoms with Gasteiger partial charge in [-0.05, 0) is 49.2 Å². The van der Waals surface area contributed by atoms with E-state index < -0.39 is 67.7 Å². The summed E-state index contributed by atoms with van der Waals surface area (Å²) in [6.07, 6.45) is -8.59. The summed E-state index contributed by atoms with van der Waals surface area (Å²) < 4.78 is 165. The largest absolute Gasteiger partial charge is 0.495 e. The van der Waals surface area contributed by atoms with Gasteiger partial charge in [0.2, 0.25) is 0 Å². The molecule has 19 heteroatoms. The predicted molar refractivity (Wildman–Crippen MR) is 143 cm³/mol. The number of halogens is 11. The number of amides is 2. The topological polar surface area (TPSA) is 97.3 Å². The highest BCUT2D eigenvalue weighted by molar-refractivity contribution is 5.91. The zero-order valence-corrected chi connectivity index (χ0v) is 24.7. The smallest absolute Gasteiger partial charge is 0.460 e. The zero-order valence-electron chi connectivity index (χ0n) is 24.7. The number of aryl methyl sites for hydroxylation is 1. The SMILES string of the molecule is CCOC(Cc1ccc(OCCN(CC(F)(F)C(F)(F)C(F)(F)C(F)(F)C(F)(F)F)C(=O)Nc2cc(C)ccc2OC)cc1)C(=O)O. The Hall–Kier alpha value is -4.03. The van der Waals surface area contributed by atoms with Crippen molar-refractivity contribution in [3.63, 3.8) is 0 Å². The molecule has 0 aliphatic carbocycles. The van der Waals surface area contributed by atoms with Crippen LogP contribution in [0.1, 0.15) is 18.1 Å². The number of aliphatic carboxylic acids is 1. The number of benzene rings is 2. The molecule has 0 heterocycles. The first kappa shape index (κ1) is 39.1. The minimum Gasteiger partial charge on any atom is -0.495 e. The molecule has 2 rings (SSSR count). The van der Waals surface area contributed by atoms with Gasteiger partial charge in [0, 0.05) is 13.0 Å². The van der Waals surface area contributed by atoms with Gasteiger partial charge in [0.05, 0.1) is 25.9 Å². The van der Waals surface area contributed by atoms with Crippen LogP contribution < -0.4 is 14.8 Å². The Morgan fingerprint density at radius 2 is 1.49 bits per heavy atom. The van der Waals surface area contributed by atoms with E-state index in [2.05, 4.69) is 0 Å². The first-order valence-electron chi connectivity index (χ1n) is 13.4. The standard InChI is InChI=1S/C28H29F11N2O6/c1-4-46-21(22(42)43)14-17-6-8-18(9-7-17)47-12-11-41(23(44)40-19-13-16(2)5-10-20(19)45-3)15-24(29,30)25(31,32)26(33,34)27(35,36)28(37,38)39/h5-10,13,21H,4,11-12,14-15H2,1-3H3,(H,40,44)(H,42,43). The third kappa shape index (κ3) is 8.86. The number of methoxy groups -OCH3 is 1. The van der Waals surface area contributed by atoms with E-state index in [1.807, 2.05) is 5.32 Å². The third-order valence-corrected chi connectivity index (χ3v) is 6.49. The van der Waals surface area contributed by atoms with E-state index in [0.717, 1.165) is 7.11 Å². The average molecular weight is 699 g/mol. The number of carboxylic acid groups (broad SMARTS) is 1. The zero-order chi connectivity index (χ0) is 36.0. The molecule has 264 valence electrons. The van der Waals surface area contributed by atoms with Crippen LogP contribution in [0.3, 0.4) is 0 Å². The van der Waals surface area contributed by atoms with Crippen LogP contribution in [0.2, 0.25) is 0 Å². The Labute approximate surface area is 260 Å². The molecule has 0 radical (unpaired) electrons. The highest BCUT2D eigenvalue weighted by Crippen LogP contribution is 2.57. The molecule has 1 unspecified atom stereocenters. The predicted octanol–water partition coefficient (Wildman–Crippen LogP) is 7.05. The second-order valence-corrected chi connectivity index (χ2v) is 9.96. The van der Waals surface area contributed by atoms with Gasteiger partial charge in [0.1, 0.15) is 18.1 Å². The van der Waals surface area contributed by atoms with Gasteiger partial charge < -0.3 is 29.5 Å². The van der Waals surface area contributed by atoms with Crippen LogP contribution in [-0.2, 0) is 16.0 Å². The van der Waals surface area contributed by atoms with E-state index in [-0.39, 0.29) is 35.1 Å².